The average molecular weight is 357 g/mol. The molecule has 0 unspecified atom stereocenters. The van der Waals surface area contributed by atoms with E-state index in [1.165, 1.54) is 0 Å². The standard InChI is InChI=1S/C16H23NO4S2/c1-12-4-2-3-5-15(12)16(13-6-7-13)17-23(20,21)14-8-10-22(18,19)11-9-14/h2-5,13-14,16-17H,6-11H2,1H3/t16-/m0/s1. The van der Waals surface area contributed by atoms with Crippen molar-refractivity contribution in [2.24, 2.45) is 5.92 Å². The third-order valence-electron chi connectivity index (χ3n) is 4.85. The van der Waals surface area contributed by atoms with Gasteiger partial charge in [-0.05, 0) is 49.7 Å². The van der Waals surface area contributed by atoms with Crippen LogP contribution in [-0.4, -0.2) is 33.6 Å². The topological polar surface area (TPSA) is 80.3 Å². The predicted octanol–water partition coefficient (Wildman–Crippen LogP) is 1.94. The molecule has 0 radical (unpaired) electrons. The summed E-state index contributed by atoms with van der Waals surface area (Å²) < 4.78 is 51.4. The molecule has 1 aliphatic heterocycles. The Labute approximate surface area is 138 Å². The van der Waals surface area contributed by atoms with Crippen LogP contribution < -0.4 is 4.72 Å². The number of rotatable bonds is 5. The quantitative estimate of drug-likeness (QED) is 0.873. The summed E-state index contributed by atoms with van der Waals surface area (Å²) in [6, 6.07) is 7.65. The van der Waals surface area contributed by atoms with Crippen molar-refractivity contribution in [3.05, 3.63) is 35.4 Å². The van der Waals surface area contributed by atoms with E-state index in [-0.39, 0.29) is 30.4 Å². The van der Waals surface area contributed by atoms with E-state index >= 15 is 0 Å². The maximum atomic E-state index is 12.7. The third-order valence-corrected chi connectivity index (χ3v) is 8.50. The van der Waals surface area contributed by atoms with Crippen LogP contribution >= 0.6 is 0 Å². The monoisotopic (exact) mass is 357 g/mol. The van der Waals surface area contributed by atoms with Crippen molar-refractivity contribution >= 4 is 19.9 Å². The normalized spacial score (nSPS) is 23.5. The zero-order chi connectivity index (χ0) is 16.7. The lowest BCUT2D eigenvalue weighted by Gasteiger charge is -2.26. The van der Waals surface area contributed by atoms with Gasteiger partial charge in [0, 0.05) is 6.04 Å². The van der Waals surface area contributed by atoms with E-state index in [0.29, 0.717) is 5.92 Å². The Balaban J connectivity index is 1.79. The molecule has 7 heteroatoms. The largest absolute Gasteiger partial charge is 0.229 e. The summed E-state index contributed by atoms with van der Waals surface area (Å²) in [5.74, 6) is 0.284. The lowest BCUT2D eigenvalue weighted by atomic mass is 9.99. The predicted molar refractivity (Wildman–Crippen MR) is 90.4 cm³/mol. The second-order valence-corrected chi connectivity index (χ2v) is 11.0. The molecule has 1 atom stereocenters. The first-order valence-electron chi connectivity index (χ1n) is 8.05. The fourth-order valence-corrected chi connectivity index (χ4v) is 6.74. The molecule has 5 nitrogen and oxygen atoms in total. The molecule has 0 aromatic heterocycles. The average Bonchev–Trinajstić information content (AvgIpc) is 3.30. The Morgan fingerprint density at radius 1 is 1.09 bits per heavy atom. The third kappa shape index (κ3) is 3.95. The number of nitrogens with one attached hydrogen (secondary N) is 1. The van der Waals surface area contributed by atoms with E-state index < -0.39 is 25.1 Å². The van der Waals surface area contributed by atoms with Gasteiger partial charge < -0.3 is 0 Å². The molecular formula is C16H23NO4S2. The first kappa shape index (κ1) is 16.9. The van der Waals surface area contributed by atoms with Crippen molar-refractivity contribution in [2.45, 2.75) is 43.9 Å². The molecule has 1 saturated heterocycles. The highest BCUT2D eigenvalue weighted by Gasteiger charge is 2.39. The first-order chi connectivity index (χ1) is 10.8. The zero-order valence-corrected chi connectivity index (χ0v) is 14.9. The van der Waals surface area contributed by atoms with Gasteiger partial charge in [-0.25, -0.2) is 21.6 Å². The van der Waals surface area contributed by atoms with Gasteiger partial charge in [0.2, 0.25) is 10.0 Å². The summed E-state index contributed by atoms with van der Waals surface area (Å²) in [6.07, 6.45) is 2.45. The van der Waals surface area contributed by atoms with Gasteiger partial charge in [0.25, 0.3) is 0 Å². The van der Waals surface area contributed by atoms with Gasteiger partial charge in [0.15, 0.2) is 0 Å². The highest BCUT2D eigenvalue weighted by Crippen LogP contribution is 2.42. The van der Waals surface area contributed by atoms with Crippen molar-refractivity contribution in [2.75, 3.05) is 11.5 Å². The minimum atomic E-state index is -3.52. The van der Waals surface area contributed by atoms with Crippen LogP contribution in [0.15, 0.2) is 24.3 Å². The Bertz CT molecular complexity index is 768. The lowest BCUT2D eigenvalue weighted by molar-refractivity contribution is 0.507. The van der Waals surface area contributed by atoms with Crippen molar-refractivity contribution < 1.29 is 16.8 Å². The van der Waals surface area contributed by atoms with Gasteiger partial charge in [-0.1, -0.05) is 24.3 Å². The minimum Gasteiger partial charge on any atom is -0.229 e. The number of benzene rings is 1. The summed E-state index contributed by atoms with van der Waals surface area (Å²) in [5, 5.41) is -0.601. The number of hydrogen-bond donors (Lipinski definition) is 1. The number of aryl methyl sites for hydroxylation is 1. The van der Waals surface area contributed by atoms with Crippen LogP contribution in [0.2, 0.25) is 0 Å². The molecule has 0 bridgehead atoms. The van der Waals surface area contributed by atoms with Gasteiger partial charge in [-0.15, -0.1) is 0 Å². The molecule has 2 aliphatic rings. The van der Waals surface area contributed by atoms with Crippen LogP contribution in [0.5, 0.6) is 0 Å². The fourth-order valence-electron chi connectivity index (χ4n) is 3.23. The molecule has 0 amide bonds. The van der Waals surface area contributed by atoms with Crippen molar-refractivity contribution in [1.82, 2.24) is 4.72 Å². The van der Waals surface area contributed by atoms with Crippen LogP contribution in [-0.2, 0) is 19.9 Å². The Morgan fingerprint density at radius 2 is 1.70 bits per heavy atom. The molecule has 1 N–H and O–H groups in total. The van der Waals surface area contributed by atoms with E-state index in [1.54, 1.807) is 0 Å². The highest BCUT2D eigenvalue weighted by molar-refractivity contribution is 7.92. The van der Waals surface area contributed by atoms with Crippen LogP contribution in [0.1, 0.15) is 42.9 Å². The molecule has 1 saturated carbocycles. The fraction of sp³-hybridized carbons (Fsp3) is 0.625. The minimum absolute atomic E-state index is 0.0307. The van der Waals surface area contributed by atoms with Crippen molar-refractivity contribution in [1.29, 1.82) is 0 Å². The van der Waals surface area contributed by atoms with Crippen LogP contribution in [0.25, 0.3) is 0 Å². The van der Waals surface area contributed by atoms with Gasteiger partial charge in [0.05, 0.1) is 16.8 Å². The lowest BCUT2D eigenvalue weighted by Crippen LogP contribution is -2.41. The van der Waals surface area contributed by atoms with Crippen molar-refractivity contribution in [3.63, 3.8) is 0 Å². The molecule has 1 aromatic rings. The van der Waals surface area contributed by atoms with Crippen molar-refractivity contribution in [3.8, 4) is 0 Å². The molecule has 1 aromatic carbocycles. The zero-order valence-electron chi connectivity index (χ0n) is 13.2. The summed E-state index contributed by atoms with van der Waals surface area (Å²) in [7, 11) is -6.58. The highest BCUT2D eigenvalue weighted by atomic mass is 32.2. The SMILES string of the molecule is Cc1ccccc1[C@@H](NS(=O)(=O)C1CCS(=O)(=O)CC1)C1CC1. The summed E-state index contributed by atoms with van der Waals surface area (Å²) in [4.78, 5) is 0. The second-order valence-electron chi connectivity index (χ2n) is 6.69. The van der Waals surface area contributed by atoms with Gasteiger partial charge in [-0.3, -0.25) is 0 Å². The summed E-state index contributed by atoms with van der Waals surface area (Å²) >= 11 is 0. The second kappa shape index (κ2) is 6.18. The molecule has 23 heavy (non-hydrogen) atoms. The van der Waals surface area contributed by atoms with E-state index in [9.17, 15) is 16.8 Å². The molecule has 1 aliphatic carbocycles. The molecule has 128 valence electrons. The van der Waals surface area contributed by atoms with E-state index in [4.69, 9.17) is 0 Å². The van der Waals surface area contributed by atoms with E-state index in [2.05, 4.69) is 4.72 Å². The number of sulfone groups is 1. The molecule has 0 spiro atoms. The smallest absolute Gasteiger partial charge is 0.215 e. The van der Waals surface area contributed by atoms with Gasteiger partial charge in [0.1, 0.15) is 9.84 Å². The first-order valence-corrected chi connectivity index (χ1v) is 11.4. The van der Waals surface area contributed by atoms with Crippen LogP contribution in [0.4, 0.5) is 0 Å². The molecular weight excluding hydrogens is 334 g/mol. The summed E-state index contributed by atoms with van der Waals surface area (Å²) in [5.41, 5.74) is 2.11. The van der Waals surface area contributed by atoms with Crippen LogP contribution in [0, 0.1) is 12.8 Å². The van der Waals surface area contributed by atoms with E-state index in [0.717, 1.165) is 24.0 Å². The maximum absolute atomic E-state index is 12.7. The van der Waals surface area contributed by atoms with Gasteiger partial charge in [-0.2, -0.15) is 0 Å². The Morgan fingerprint density at radius 3 is 2.26 bits per heavy atom. The number of hydrogen-bond acceptors (Lipinski definition) is 4. The Hall–Kier alpha value is -0.920. The van der Waals surface area contributed by atoms with E-state index in [1.807, 2.05) is 31.2 Å². The van der Waals surface area contributed by atoms with Crippen LogP contribution in [0.3, 0.4) is 0 Å². The summed E-state index contributed by atoms with van der Waals surface area (Å²) in [6.45, 7) is 1.99. The van der Waals surface area contributed by atoms with Gasteiger partial charge >= 0.3 is 0 Å². The molecule has 2 fully saturated rings. The number of sulfonamides is 1. The maximum Gasteiger partial charge on any atom is 0.215 e. The molecule has 1 heterocycles. The Kier molecular flexibility index (Phi) is 4.55. The molecule has 3 rings (SSSR count).